The Balaban J connectivity index is 2.17. The van der Waals surface area contributed by atoms with Gasteiger partial charge in [0.15, 0.2) is 11.5 Å². The first kappa shape index (κ1) is 19.8. The summed E-state index contributed by atoms with van der Waals surface area (Å²) in [4.78, 5) is 36.6. The Morgan fingerprint density at radius 3 is 2.58 bits per heavy atom. The summed E-state index contributed by atoms with van der Waals surface area (Å²) in [5.74, 6) is -0.165. The van der Waals surface area contributed by atoms with Gasteiger partial charge in [-0.25, -0.2) is 0 Å². The van der Waals surface area contributed by atoms with Crippen LogP contribution in [0.4, 0.5) is 4.79 Å². The number of hydrogen-bond acceptors (Lipinski definition) is 8. The van der Waals surface area contributed by atoms with Crippen LogP contribution in [0.3, 0.4) is 0 Å². The predicted molar refractivity (Wildman–Crippen MR) is 95.1 cm³/mol. The highest BCUT2D eigenvalue weighted by Gasteiger charge is 2.36. The molecular weight excluding hydrogens is 362 g/mol. The van der Waals surface area contributed by atoms with E-state index in [1.165, 1.54) is 14.2 Å². The van der Waals surface area contributed by atoms with Gasteiger partial charge in [-0.1, -0.05) is 6.07 Å². The van der Waals surface area contributed by atoms with Gasteiger partial charge in [-0.15, -0.1) is 0 Å². The highest BCUT2D eigenvalue weighted by atomic mass is 32.2. The highest BCUT2D eigenvalue weighted by Crippen LogP contribution is 2.34. The number of hydrogen-bond donors (Lipinski definition) is 0. The number of esters is 1. The van der Waals surface area contributed by atoms with Crippen LogP contribution in [0, 0.1) is 0 Å². The van der Waals surface area contributed by atoms with Gasteiger partial charge in [0.05, 0.1) is 25.7 Å². The summed E-state index contributed by atoms with van der Waals surface area (Å²) >= 11 is 0.766. The quantitative estimate of drug-likeness (QED) is 0.383. The lowest BCUT2D eigenvalue weighted by atomic mass is 10.2. The van der Waals surface area contributed by atoms with Crippen LogP contribution in [-0.4, -0.2) is 63.1 Å². The molecule has 1 heterocycles. The molecule has 2 amide bonds. The summed E-state index contributed by atoms with van der Waals surface area (Å²) < 4.78 is 20.3. The van der Waals surface area contributed by atoms with Crippen LogP contribution in [0.15, 0.2) is 23.1 Å². The first-order chi connectivity index (χ1) is 12.5. The zero-order valence-corrected chi connectivity index (χ0v) is 15.5. The molecule has 1 aliphatic heterocycles. The fourth-order valence-corrected chi connectivity index (χ4v) is 2.95. The average Bonchev–Trinajstić information content (AvgIpc) is 2.90. The van der Waals surface area contributed by atoms with Crippen LogP contribution in [0.5, 0.6) is 11.5 Å². The van der Waals surface area contributed by atoms with Crippen molar-refractivity contribution in [3.05, 3.63) is 28.7 Å². The number of thioether (sulfide) groups is 1. The van der Waals surface area contributed by atoms with E-state index >= 15 is 0 Å². The van der Waals surface area contributed by atoms with Crippen molar-refractivity contribution in [2.75, 3.05) is 41.1 Å². The van der Waals surface area contributed by atoms with Gasteiger partial charge in [0.1, 0.15) is 13.2 Å². The predicted octanol–water partition coefficient (Wildman–Crippen LogP) is 1.93. The second-order valence-electron chi connectivity index (χ2n) is 5.10. The minimum Gasteiger partial charge on any atom is -0.493 e. The van der Waals surface area contributed by atoms with E-state index in [1.54, 1.807) is 31.4 Å². The lowest BCUT2D eigenvalue weighted by molar-refractivity contribution is -0.143. The number of carbonyl (C=O) groups is 3. The van der Waals surface area contributed by atoms with Crippen molar-refractivity contribution < 1.29 is 33.3 Å². The maximum absolute atomic E-state index is 12.3. The van der Waals surface area contributed by atoms with Crippen LogP contribution in [0.25, 0.3) is 6.08 Å². The Kier molecular flexibility index (Phi) is 7.05. The van der Waals surface area contributed by atoms with Gasteiger partial charge in [0, 0.05) is 7.11 Å². The lowest BCUT2D eigenvalue weighted by Gasteiger charge is -2.11. The Labute approximate surface area is 155 Å². The smallest absolute Gasteiger partial charge is 0.325 e. The van der Waals surface area contributed by atoms with Gasteiger partial charge in [0.2, 0.25) is 0 Å². The molecular formula is C17H19NO7S. The van der Waals surface area contributed by atoms with Crippen LogP contribution >= 0.6 is 11.8 Å². The number of methoxy groups -OCH3 is 3. The fraction of sp³-hybridized carbons (Fsp3) is 0.353. The molecule has 0 unspecified atom stereocenters. The zero-order chi connectivity index (χ0) is 19.1. The third kappa shape index (κ3) is 4.77. The zero-order valence-electron chi connectivity index (χ0n) is 14.6. The van der Waals surface area contributed by atoms with Gasteiger partial charge in [0.25, 0.3) is 11.1 Å². The molecule has 0 saturated carbocycles. The van der Waals surface area contributed by atoms with Gasteiger partial charge < -0.3 is 18.9 Å². The van der Waals surface area contributed by atoms with E-state index in [-0.39, 0.29) is 4.91 Å². The van der Waals surface area contributed by atoms with Gasteiger partial charge in [-0.2, -0.15) is 0 Å². The molecule has 26 heavy (non-hydrogen) atoms. The number of nitrogens with zero attached hydrogens (tertiary/aromatic N) is 1. The Bertz CT molecular complexity index is 732. The van der Waals surface area contributed by atoms with Crippen molar-refractivity contribution in [1.82, 2.24) is 4.90 Å². The molecule has 0 radical (unpaired) electrons. The largest absolute Gasteiger partial charge is 0.493 e. The molecule has 1 saturated heterocycles. The summed E-state index contributed by atoms with van der Waals surface area (Å²) in [5.41, 5.74) is 0.657. The second kappa shape index (κ2) is 9.25. The molecule has 0 bridgehead atoms. The van der Waals surface area contributed by atoms with E-state index in [9.17, 15) is 14.4 Å². The van der Waals surface area contributed by atoms with Crippen LogP contribution < -0.4 is 9.47 Å². The van der Waals surface area contributed by atoms with E-state index in [0.29, 0.717) is 30.3 Å². The normalized spacial score (nSPS) is 15.5. The number of rotatable bonds is 8. The molecule has 140 valence electrons. The van der Waals surface area contributed by atoms with E-state index in [0.717, 1.165) is 16.7 Å². The molecule has 0 aromatic heterocycles. The second-order valence-corrected chi connectivity index (χ2v) is 6.09. The van der Waals surface area contributed by atoms with Crippen molar-refractivity contribution in [3.8, 4) is 11.5 Å². The van der Waals surface area contributed by atoms with E-state index in [1.807, 2.05) is 0 Å². The third-order valence-electron chi connectivity index (χ3n) is 3.42. The Morgan fingerprint density at radius 2 is 1.92 bits per heavy atom. The van der Waals surface area contributed by atoms with Crippen LogP contribution in [0.1, 0.15) is 5.56 Å². The molecule has 1 aromatic rings. The number of carbonyl (C=O) groups excluding carboxylic acids is 3. The monoisotopic (exact) mass is 381 g/mol. The van der Waals surface area contributed by atoms with Gasteiger partial charge in [-0.3, -0.25) is 19.3 Å². The number of imide groups is 1. The van der Waals surface area contributed by atoms with E-state index in [4.69, 9.17) is 14.2 Å². The summed E-state index contributed by atoms with van der Waals surface area (Å²) in [5, 5.41) is -0.516. The van der Waals surface area contributed by atoms with E-state index < -0.39 is 23.7 Å². The average molecular weight is 381 g/mol. The molecule has 0 spiro atoms. The fourth-order valence-electron chi connectivity index (χ4n) is 2.11. The third-order valence-corrected chi connectivity index (χ3v) is 4.33. The molecule has 9 heteroatoms. The molecule has 2 rings (SSSR count). The lowest BCUT2D eigenvalue weighted by Crippen LogP contribution is -2.34. The van der Waals surface area contributed by atoms with Crippen molar-refractivity contribution >= 4 is 35.0 Å². The molecule has 0 atom stereocenters. The van der Waals surface area contributed by atoms with E-state index in [2.05, 4.69) is 4.74 Å². The topological polar surface area (TPSA) is 91.4 Å². The molecule has 0 N–H and O–H groups in total. The summed E-state index contributed by atoms with van der Waals surface area (Å²) in [7, 11) is 4.28. The molecule has 1 aliphatic rings. The number of benzene rings is 1. The highest BCUT2D eigenvalue weighted by molar-refractivity contribution is 8.18. The summed E-state index contributed by atoms with van der Waals surface area (Å²) in [6, 6.07) is 5.13. The van der Waals surface area contributed by atoms with Crippen molar-refractivity contribution in [2.45, 2.75) is 0 Å². The Hall–Kier alpha value is -2.52. The number of ether oxygens (including phenoxy) is 4. The van der Waals surface area contributed by atoms with Crippen molar-refractivity contribution in [1.29, 1.82) is 0 Å². The minimum atomic E-state index is -0.659. The molecule has 0 aliphatic carbocycles. The van der Waals surface area contributed by atoms with Crippen LogP contribution in [-0.2, 0) is 19.1 Å². The van der Waals surface area contributed by atoms with Crippen LogP contribution in [0.2, 0.25) is 0 Å². The summed E-state index contributed by atoms with van der Waals surface area (Å²) in [6.45, 7) is 0.408. The first-order valence-corrected chi connectivity index (χ1v) is 8.43. The van der Waals surface area contributed by atoms with Crippen molar-refractivity contribution in [3.63, 3.8) is 0 Å². The Morgan fingerprint density at radius 1 is 1.15 bits per heavy atom. The first-order valence-electron chi connectivity index (χ1n) is 7.62. The molecule has 1 aromatic carbocycles. The standard InChI is InChI=1S/C17H19NO7S/c1-22-6-7-25-12-5-4-11(8-13(12)23-2)9-14-16(20)18(17(21)26-14)10-15(19)24-3/h4-5,8-9H,6-7,10H2,1-3H3/b14-9-. The van der Waals surface area contributed by atoms with Gasteiger partial charge in [-0.05, 0) is 35.5 Å². The summed E-state index contributed by atoms with van der Waals surface area (Å²) in [6.07, 6.45) is 1.56. The number of amides is 2. The maximum Gasteiger partial charge on any atom is 0.325 e. The molecule has 8 nitrogen and oxygen atoms in total. The van der Waals surface area contributed by atoms with Crippen molar-refractivity contribution in [2.24, 2.45) is 0 Å². The minimum absolute atomic E-state index is 0.217. The van der Waals surface area contributed by atoms with Gasteiger partial charge >= 0.3 is 5.97 Å². The maximum atomic E-state index is 12.3. The SMILES string of the molecule is COCCOc1ccc(/C=C2\SC(=O)N(CC(=O)OC)C2=O)cc1OC. The molecule has 1 fully saturated rings.